The summed E-state index contributed by atoms with van der Waals surface area (Å²) in [6.07, 6.45) is 0.630. The SMILES string of the molecule is NC(=S)Nc1cc(S(N)(=O)=O)cc2c1OCC2. The largest absolute Gasteiger partial charge is 0.491 e. The van der Waals surface area contributed by atoms with Gasteiger partial charge in [-0.3, -0.25) is 0 Å². The molecule has 0 spiro atoms. The van der Waals surface area contributed by atoms with E-state index >= 15 is 0 Å². The van der Waals surface area contributed by atoms with Crippen molar-refractivity contribution in [2.75, 3.05) is 11.9 Å². The number of hydrogen-bond donors (Lipinski definition) is 3. The highest BCUT2D eigenvalue weighted by Crippen LogP contribution is 2.36. The fourth-order valence-corrected chi connectivity index (χ4v) is 2.37. The van der Waals surface area contributed by atoms with Gasteiger partial charge in [-0.15, -0.1) is 0 Å². The summed E-state index contributed by atoms with van der Waals surface area (Å²) in [6, 6.07) is 2.86. The van der Waals surface area contributed by atoms with E-state index in [0.717, 1.165) is 5.56 Å². The molecule has 1 aliphatic rings. The van der Waals surface area contributed by atoms with Crippen molar-refractivity contribution < 1.29 is 13.2 Å². The molecular formula is C9H11N3O3S2. The van der Waals surface area contributed by atoms with Crippen LogP contribution in [0.5, 0.6) is 5.75 Å². The van der Waals surface area contributed by atoms with Gasteiger partial charge in [0.1, 0.15) is 5.75 Å². The van der Waals surface area contributed by atoms with E-state index < -0.39 is 10.0 Å². The predicted molar refractivity (Wildman–Crippen MR) is 67.4 cm³/mol. The fourth-order valence-electron chi connectivity index (χ4n) is 1.67. The van der Waals surface area contributed by atoms with Gasteiger partial charge >= 0.3 is 0 Å². The molecule has 0 atom stereocenters. The Labute approximate surface area is 104 Å². The van der Waals surface area contributed by atoms with Crippen LogP contribution < -0.4 is 20.9 Å². The molecule has 0 aromatic heterocycles. The number of ether oxygens (including phenoxy) is 1. The van der Waals surface area contributed by atoms with Crippen molar-refractivity contribution in [3.63, 3.8) is 0 Å². The molecule has 0 bridgehead atoms. The van der Waals surface area contributed by atoms with Crippen LogP contribution in [0.4, 0.5) is 5.69 Å². The van der Waals surface area contributed by atoms with Crippen LogP contribution in [0.25, 0.3) is 0 Å². The van der Waals surface area contributed by atoms with Crippen molar-refractivity contribution in [2.24, 2.45) is 10.9 Å². The number of benzene rings is 1. The molecule has 0 radical (unpaired) electrons. The number of thiocarbonyl (C=S) groups is 1. The average Bonchev–Trinajstić information content (AvgIpc) is 2.62. The Bertz CT molecular complexity index is 583. The highest BCUT2D eigenvalue weighted by molar-refractivity contribution is 7.89. The van der Waals surface area contributed by atoms with Crippen molar-refractivity contribution in [3.05, 3.63) is 17.7 Å². The highest BCUT2D eigenvalue weighted by Gasteiger charge is 2.21. The van der Waals surface area contributed by atoms with Gasteiger partial charge in [0.05, 0.1) is 17.2 Å². The van der Waals surface area contributed by atoms with Crippen molar-refractivity contribution in [1.29, 1.82) is 0 Å². The third-order valence-electron chi connectivity index (χ3n) is 2.34. The lowest BCUT2D eigenvalue weighted by Gasteiger charge is -2.11. The number of primary sulfonamides is 1. The molecule has 92 valence electrons. The number of rotatable bonds is 2. The molecule has 5 N–H and O–H groups in total. The molecule has 2 rings (SSSR count). The highest BCUT2D eigenvalue weighted by atomic mass is 32.2. The molecule has 0 saturated carbocycles. The van der Waals surface area contributed by atoms with Gasteiger partial charge in [-0.05, 0) is 24.4 Å². The molecule has 1 heterocycles. The first-order valence-electron chi connectivity index (χ1n) is 4.77. The molecule has 1 aromatic rings. The molecule has 0 saturated heterocycles. The predicted octanol–water partition coefficient (Wildman–Crippen LogP) is -0.0756. The van der Waals surface area contributed by atoms with Crippen LogP contribution in [0, 0.1) is 0 Å². The quantitative estimate of drug-likeness (QED) is 0.651. The molecule has 0 fully saturated rings. The van der Waals surface area contributed by atoms with E-state index in [4.69, 9.17) is 27.8 Å². The molecule has 0 amide bonds. The van der Waals surface area contributed by atoms with Gasteiger partial charge in [-0.2, -0.15) is 0 Å². The number of sulfonamides is 1. The van der Waals surface area contributed by atoms with Crippen molar-refractivity contribution in [2.45, 2.75) is 11.3 Å². The van der Waals surface area contributed by atoms with Crippen LogP contribution in [0.2, 0.25) is 0 Å². The van der Waals surface area contributed by atoms with E-state index in [9.17, 15) is 8.42 Å². The number of hydrogen-bond acceptors (Lipinski definition) is 4. The standard InChI is InChI=1S/C9H11N3O3S2/c10-9(16)12-7-4-6(17(11,13)14)3-5-1-2-15-8(5)7/h3-4H,1-2H2,(H3,10,12,16)(H2,11,13,14). The van der Waals surface area contributed by atoms with Gasteiger partial charge in [0, 0.05) is 12.0 Å². The van der Waals surface area contributed by atoms with Crippen LogP contribution in [0.15, 0.2) is 17.0 Å². The normalized spacial score (nSPS) is 13.9. The second-order valence-corrected chi connectivity index (χ2v) is 5.59. The molecule has 1 aliphatic heterocycles. The first kappa shape index (κ1) is 12.1. The van der Waals surface area contributed by atoms with Crippen LogP contribution >= 0.6 is 12.2 Å². The molecule has 0 unspecified atom stereocenters. The fraction of sp³-hybridized carbons (Fsp3) is 0.222. The summed E-state index contributed by atoms with van der Waals surface area (Å²) in [7, 11) is -3.76. The second kappa shape index (κ2) is 4.13. The first-order valence-corrected chi connectivity index (χ1v) is 6.72. The zero-order chi connectivity index (χ0) is 12.6. The minimum atomic E-state index is -3.76. The van der Waals surface area contributed by atoms with Crippen LogP contribution in [-0.2, 0) is 16.4 Å². The number of nitrogens with one attached hydrogen (secondary N) is 1. The maximum Gasteiger partial charge on any atom is 0.238 e. The number of anilines is 1. The van der Waals surface area contributed by atoms with E-state index in [1.165, 1.54) is 12.1 Å². The van der Waals surface area contributed by atoms with Gasteiger partial charge in [0.15, 0.2) is 5.11 Å². The van der Waals surface area contributed by atoms with Crippen LogP contribution in [0.1, 0.15) is 5.56 Å². The van der Waals surface area contributed by atoms with Gasteiger partial charge in [-0.25, -0.2) is 13.6 Å². The van der Waals surface area contributed by atoms with E-state index in [-0.39, 0.29) is 10.0 Å². The zero-order valence-corrected chi connectivity index (χ0v) is 10.4. The minimum absolute atomic E-state index is 0.0144. The molecule has 8 heteroatoms. The summed E-state index contributed by atoms with van der Waals surface area (Å²) in [6.45, 7) is 0.495. The Morgan fingerprint density at radius 1 is 1.47 bits per heavy atom. The first-order chi connectivity index (χ1) is 7.88. The van der Waals surface area contributed by atoms with Gasteiger partial charge in [-0.1, -0.05) is 0 Å². The van der Waals surface area contributed by atoms with Gasteiger partial charge in [0.25, 0.3) is 0 Å². The van der Waals surface area contributed by atoms with E-state index in [1.807, 2.05) is 0 Å². The van der Waals surface area contributed by atoms with Gasteiger partial charge < -0.3 is 15.8 Å². The Kier molecular flexibility index (Phi) is 2.94. The third-order valence-corrected chi connectivity index (χ3v) is 3.34. The maximum atomic E-state index is 11.3. The summed E-state index contributed by atoms with van der Waals surface area (Å²) in [5.74, 6) is 0.574. The summed E-state index contributed by atoms with van der Waals surface area (Å²) >= 11 is 4.72. The topological polar surface area (TPSA) is 107 Å². The molecule has 17 heavy (non-hydrogen) atoms. The lowest BCUT2D eigenvalue weighted by molar-refractivity contribution is 0.358. The lowest BCUT2D eigenvalue weighted by Crippen LogP contribution is -2.20. The molecule has 1 aromatic carbocycles. The summed E-state index contributed by atoms with van der Waals surface area (Å²) in [5, 5.41) is 7.81. The molecular weight excluding hydrogens is 262 g/mol. The van der Waals surface area contributed by atoms with E-state index in [1.54, 1.807) is 0 Å². The van der Waals surface area contributed by atoms with Crippen molar-refractivity contribution in [3.8, 4) is 5.75 Å². The smallest absolute Gasteiger partial charge is 0.238 e. The lowest BCUT2D eigenvalue weighted by atomic mass is 10.1. The number of fused-ring (bicyclic) bond motifs is 1. The minimum Gasteiger partial charge on any atom is -0.491 e. The Morgan fingerprint density at radius 3 is 2.76 bits per heavy atom. The maximum absolute atomic E-state index is 11.3. The van der Waals surface area contributed by atoms with Crippen molar-refractivity contribution >= 4 is 33.0 Å². The molecule has 0 aliphatic carbocycles. The summed E-state index contributed by atoms with van der Waals surface area (Å²) in [4.78, 5) is 0.0144. The van der Waals surface area contributed by atoms with E-state index in [2.05, 4.69) is 5.32 Å². The number of nitrogens with two attached hydrogens (primary N) is 2. The van der Waals surface area contributed by atoms with E-state index in [0.29, 0.717) is 24.5 Å². The van der Waals surface area contributed by atoms with Crippen molar-refractivity contribution in [1.82, 2.24) is 0 Å². The Hall–Kier alpha value is -1.38. The monoisotopic (exact) mass is 273 g/mol. The van der Waals surface area contributed by atoms with Crippen LogP contribution in [-0.4, -0.2) is 20.1 Å². The molecule has 6 nitrogen and oxygen atoms in total. The second-order valence-electron chi connectivity index (χ2n) is 3.59. The zero-order valence-electron chi connectivity index (χ0n) is 8.76. The Balaban J connectivity index is 2.57. The summed E-state index contributed by atoms with van der Waals surface area (Å²) in [5.41, 5.74) is 6.56. The summed E-state index contributed by atoms with van der Waals surface area (Å²) < 4.78 is 28.0. The van der Waals surface area contributed by atoms with Crippen LogP contribution in [0.3, 0.4) is 0 Å². The third kappa shape index (κ3) is 2.48. The Morgan fingerprint density at radius 2 is 2.18 bits per heavy atom. The van der Waals surface area contributed by atoms with Gasteiger partial charge in [0.2, 0.25) is 10.0 Å². The average molecular weight is 273 g/mol.